The van der Waals surface area contributed by atoms with Crippen molar-refractivity contribution in [3.05, 3.63) is 24.0 Å². The average molecular weight is 248 g/mol. The number of carboxylic acids is 1. The van der Waals surface area contributed by atoms with Gasteiger partial charge in [-0.3, -0.25) is 9.59 Å². The number of hydrogen-bond donors (Lipinski definition) is 1. The van der Waals surface area contributed by atoms with Crippen molar-refractivity contribution in [3.8, 4) is 0 Å². The Kier molecular flexibility index (Phi) is 3.36. The van der Waals surface area contributed by atoms with Crippen LogP contribution in [-0.2, 0) is 9.59 Å². The van der Waals surface area contributed by atoms with Crippen molar-refractivity contribution >= 4 is 23.5 Å². The Bertz CT molecular complexity index is 495. The number of nitrogens with zero attached hydrogens (tertiary/aromatic N) is 2. The van der Waals surface area contributed by atoms with Gasteiger partial charge in [0.2, 0.25) is 11.8 Å². The molecule has 1 fully saturated rings. The van der Waals surface area contributed by atoms with Gasteiger partial charge >= 0.3 is 5.97 Å². The van der Waals surface area contributed by atoms with Crippen LogP contribution in [0.1, 0.15) is 36.2 Å². The lowest BCUT2D eigenvalue weighted by Gasteiger charge is -2.19. The molecule has 0 atom stereocenters. The zero-order chi connectivity index (χ0) is 13.1. The predicted molar refractivity (Wildman–Crippen MR) is 62.2 cm³/mol. The van der Waals surface area contributed by atoms with E-state index in [2.05, 4.69) is 4.98 Å². The topological polar surface area (TPSA) is 87.6 Å². The number of carboxylic acid groups (broad SMARTS) is 1. The van der Waals surface area contributed by atoms with Crippen LogP contribution in [0, 0.1) is 0 Å². The summed E-state index contributed by atoms with van der Waals surface area (Å²) < 4.78 is 0. The summed E-state index contributed by atoms with van der Waals surface area (Å²) in [5.74, 6) is -1.99. The van der Waals surface area contributed by atoms with Crippen LogP contribution in [0.15, 0.2) is 18.3 Å². The first-order chi connectivity index (χ1) is 8.61. The Morgan fingerprint density at radius 3 is 2.39 bits per heavy atom. The molecule has 0 bridgehead atoms. The number of amides is 2. The van der Waals surface area contributed by atoms with Crippen molar-refractivity contribution in [2.24, 2.45) is 0 Å². The Morgan fingerprint density at radius 1 is 1.22 bits per heavy atom. The molecule has 1 aromatic rings. The van der Waals surface area contributed by atoms with Crippen molar-refractivity contribution in [2.45, 2.75) is 25.7 Å². The molecule has 1 N–H and O–H groups in total. The smallest absolute Gasteiger partial charge is 0.356 e. The highest BCUT2D eigenvalue weighted by Crippen LogP contribution is 2.23. The lowest BCUT2D eigenvalue weighted by atomic mass is 10.2. The summed E-state index contributed by atoms with van der Waals surface area (Å²) in [4.78, 5) is 39.5. The minimum Gasteiger partial charge on any atom is -0.476 e. The zero-order valence-electron chi connectivity index (χ0n) is 9.63. The van der Waals surface area contributed by atoms with E-state index in [0.29, 0.717) is 12.8 Å². The maximum atomic E-state index is 11.9. The van der Waals surface area contributed by atoms with E-state index in [1.54, 1.807) is 0 Å². The molecule has 1 aliphatic rings. The largest absolute Gasteiger partial charge is 0.476 e. The van der Waals surface area contributed by atoms with Gasteiger partial charge in [0.15, 0.2) is 5.69 Å². The maximum Gasteiger partial charge on any atom is 0.356 e. The van der Waals surface area contributed by atoms with E-state index in [1.807, 2.05) is 0 Å². The summed E-state index contributed by atoms with van der Waals surface area (Å²) in [5, 5.41) is 9.03. The molecular weight excluding hydrogens is 236 g/mol. The van der Waals surface area contributed by atoms with Crippen molar-refractivity contribution < 1.29 is 19.5 Å². The fourth-order valence-corrected chi connectivity index (χ4v) is 1.93. The van der Waals surface area contributed by atoms with Gasteiger partial charge in [-0.05, 0) is 25.0 Å². The molecule has 1 aromatic heterocycles. The SMILES string of the molecule is O=C(O)c1ncccc1N1C(=O)CCCCC1=O. The van der Waals surface area contributed by atoms with Gasteiger partial charge in [0.25, 0.3) is 0 Å². The zero-order valence-corrected chi connectivity index (χ0v) is 9.63. The summed E-state index contributed by atoms with van der Waals surface area (Å²) in [7, 11) is 0. The lowest BCUT2D eigenvalue weighted by molar-refractivity contribution is -0.125. The van der Waals surface area contributed by atoms with Gasteiger partial charge in [0, 0.05) is 19.0 Å². The maximum absolute atomic E-state index is 11.9. The van der Waals surface area contributed by atoms with Crippen LogP contribution in [0.4, 0.5) is 5.69 Å². The number of anilines is 1. The highest BCUT2D eigenvalue weighted by molar-refractivity contribution is 6.17. The second-order valence-corrected chi connectivity index (χ2v) is 4.01. The second-order valence-electron chi connectivity index (χ2n) is 4.01. The first-order valence-electron chi connectivity index (χ1n) is 5.65. The van der Waals surface area contributed by atoms with E-state index in [-0.39, 0.29) is 36.0 Å². The van der Waals surface area contributed by atoms with E-state index in [0.717, 1.165) is 4.90 Å². The number of hydrogen-bond acceptors (Lipinski definition) is 4. The van der Waals surface area contributed by atoms with Gasteiger partial charge in [-0.25, -0.2) is 14.7 Å². The monoisotopic (exact) mass is 248 g/mol. The fourth-order valence-electron chi connectivity index (χ4n) is 1.93. The quantitative estimate of drug-likeness (QED) is 0.795. The molecule has 1 aliphatic heterocycles. The van der Waals surface area contributed by atoms with E-state index < -0.39 is 5.97 Å². The number of carbonyl (C=O) groups is 3. The third-order valence-electron chi connectivity index (χ3n) is 2.76. The number of pyridine rings is 1. The van der Waals surface area contributed by atoms with Gasteiger partial charge in [0.1, 0.15) is 0 Å². The second kappa shape index (κ2) is 4.95. The highest BCUT2D eigenvalue weighted by atomic mass is 16.4. The molecular formula is C12H12N2O4. The van der Waals surface area contributed by atoms with Gasteiger partial charge in [-0.15, -0.1) is 0 Å². The third-order valence-corrected chi connectivity index (χ3v) is 2.76. The molecule has 2 rings (SSSR count). The van der Waals surface area contributed by atoms with E-state index in [4.69, 9.17) is 5.11 Å². The van der Waals surface area contributed by atoms with E-state index in [9.17, 15) is 14.4 Å². The normalized spacial score (nSPS) is 16.6. The van der Waals surface area contributed by atoms with Crippen LogP contribution in [0.25, 0.3) is 0 Å². The van der Waals surface area contributed by atoms with Gasteiger partial charge in [-0.2, -0.15) is 0 Å². The van der Waals surface area contributed by atoms with Crippen LogP contribution in [0.5, 0.6) is 0 Å². The number of carbonyl (C=O) groups excluding carboxylic acids is 2. The molecule has 18 heavy (non-hydrogen) atoms. The minimum atomic E-state index is -1.25. The summed E-state index contributed by atoms with van der Waals surface area (Å²) >= 11 is 0. The van der Waals surface area contributed by atoms with E-state index in [1.165, 1.54) is 18.3 Å². The Morgan fingerprint density at radius 2 is 1.83 bits per heavy atom. The van der Waals surface area contributed by atoms with E-state index >= 15 is 0 Å². The standard InChI is InChI=1S/C12H12N2O4/c15-9-5-1-2-6-10(16)14(9)8-4-3-7-13-11(8)12(17)18/h3-4,7H,1-2,5-6H2,(H,17,18). The number of aromatic carboxylic acids is 1. The molecule has 6 heteroatoms. The van der Waals surface area contributed by atoms with Crippen molar-refractivity contribution in [1.29, 1.82) is 0 Å². The number of aromatic nitrogens is 1. The van der Waals surface area contributed by atoms with Crippen molar-refractivity contribution in [1.82, 2.24) is 4.98 Å². The first-order valence-corrected chi connectivity index (χ1v) is 5.65. The predicted octanol–water partition coefficient (Wildman–Crippen LogP) is 1.21. The van der Waals surface area contributed by atoms with Crippen LogP contribution in [-0.4, -0.2) is 27.9 Å². The molecule has 0 radical (unpaired) electrons. The van der Waals surface area contributed by atoms with Gasteiger partial charge in [-0.1, -0.05) is 0 Å². The molecule has 2 amide bonds. The molecule has 0 spiro atoms. The molecule has 0 aliphatic carbocycles. The first kappa shape index (κ1) is 12.2. The Labute approximate surface area is 103 Å². The number of rotatable bonds is 2. The molecule has 0 saturated carbocycles. The van der Waals surface area contributed by atoms with Gasteiger partial charge < -0.3 is 5.11 Å². The Balaban J connectivity index is 2.48. The molecule has 0 unspecified atom stereocenters. The molecule has 6 nitrogen and oxygen atoms in total. The minimum absolute atomic E-state index is 0.0573. The fraction of sp³-hybridized carbons (Fsp3) is 0.333. The summed E-state index contributed by atoms with van der Waals surface area (Å²) in [6, 6.07) is 2.94. The summed E-state index contributed by atoms with van der Waals surface area (Å²) in [6.07, 6.45) is 3.10. The Hall–Kier alpha value is -2.24. The molecule has 2 heterocycles. The highest BCUT2D eigenvalue weighted by Gasteiger charge is 2.29. The van der Waals surface area contributed by atoms with Crippen molar-refractivity contribution in [2.75, 3.05) is 4.90 Å². The van der Waals surface area contributed by atoms with Crippen molar-refractivity contribution in [3.63, 3.8) is 0 Å². The summed E-state index contributed by atoms with van der Waals surface area (Å²) in [5.41, 5.74) is -0.219. The molecule has 0 aromatic carbocycles. The van der Waals surface area contributed by atoms with Crippen LogP contribution < -0.4 is 4.90 Å². The average Bonchev–Trinajstić information content (AvgIpc) is 2.50. The third kappa shape index (κ3) is 2.22. The molecule has 94 valence electrons. The number of imide groups is 1. The van der Waals surface area contributed by atoms with Crippen LogP contribution in [0.2, 0.25) is 0 Å². The summed E-state index contributed by atoms with van der Waals surface area (Å²) in [6.45, 7) is 0. The van der Waals surface area contributed by atoms with Crippen LogP contribution in [0.3, 0.4) is 0 Å². The van der Waals surface area contributed by atoms with Crippen LogP contribution >= 0.6 is 0 Å². The lowest BCUT2D eigenvalue weighted by Crippen LogP contribution is -2.36. The van der Waals surface area contributed by atoms with Gasteiger partial charge in [0.05, 0.1) is 5.69 Å². The molecule has 1 saturated heterocycles.